The van der Waals surface area contributed by atoms with E-state index >= 15 is 0 Å². The van der Waals surface area contributed by atoms with Crippen LogP contribution in [0.2, 0.25) is 0 Å². The van der Waals surface area contributed by atoms with Crippen LogP contribution in [-0.4, -0.2) is 21.9 Å². The molecule has 1 N–H and O–H groups in total. The van der Waals surface area contributed by atoms with E-state index in [2.05, 4.69) is 15.5 Å². The minimum Gasteiger partial charge on any atom is -0.351 e. The van der Waals surface area contributed by atoms with Gasteiger partial charge in [0.15, 0.2) is 4.34 Å². The highest BCUT2D eigenvalue weighted by Crippen LogP contribution is 2.28. The first-order valence-corrected chi connectivity index (χ1v) is 8.94. The molecule has 0 aliphatic rings. The summed E-state index contributed by atoms with van der Waals surface area (Å²) in [6, 6.07) is 19.8. The first-order chi connectivity index (χ1) is 11.3. The van der Waals surface area contributed by atoms with Crippen LogP contribution in [0, 0.1) is 0 Å². The van der Waals surface area contributed by atoms with Gasteiger partial charge < -0.3 is 5.32 Å². The van der Waals surface area contributed by atoms with Crippen molar-refractivity contribution in [2.45, 2.75) is 10.9 Å². The Hall–Kier alpha value is -2.18. The monoisotopic (exact) mass is 341 g/mol. The number of thioether (sulfide) groups is 1. The van der Waals surface area contributed by atoms with Gasteiger partial charge in [0.2, 0.25) is 5.91 Å². The van der Waals surface area contributed by atoms with E-state index < -0.39 is 0 Å². The Morgan fingerprint density at radius 3 is 2.43 bits per heavy atom. The number of carbonyl (C=O) groups is 1. The van der Waals surface area contributed by atoms with Gasteiger partial charge in [-0.25, -0.2) is 0 Å². The van der Waals surface area contributed by atoms with Crippen molar-refractivity contribution in [1.29, 1.82) is 0 Å². The minimum absolute atomic E-state index is 0.00434. The van der Waals surface area contributed by atoms with Crippen molar-refractivity contribution in [3.8, 4) is 10.6 Å². The zero-order valence-corrected chi connectivity index (χ0v) is 13.9. The molecule has 1 amide bonds. The number of hydrogen-bond acceptors (Lipinski definition) is 5. The fourth-order valence-electron chi connectivity index (χ4n) is 1.94. The molecule has 116 valence electrons. The Kier molecular flexibility index (Phi) is 5.39. The van der Waals surface area contributed by atoms with Gasteiger partial charge in [0.1, 0.15) is 5.01 Å². The van der Waals surface area contributed by atoms with Crippen LogP contribution in [0.4, 0.5) is 0 Å². The van der Waals surface area contributed by atoms with Crippen LogP contribution in [0.15, 0.2) is 65.0 Å². The standard InChI is InChI=1S/C17H15N3OS2/c21-15(18-11-13-7-3-1-4-8-13)12-22-17-20-19-16(23-17)14-9-5-2-6-10-14/h1-10H,11-12H2,(H,18,21). The van der Waals surface area contributed by atoms with Crippen molar-refractivity contribution in [2.75, 3.05) is 5.75 Å². The lowest BCUT2D eigenvalue weighted by Crippen LogP contribution is -2.24. The maximum Gasteiger partial charge on any atom is 0.230 e. The van der Waals surface area contributed by atoms with Crippen LogP contribution >= 0.6 is 23.1 Å². The third-order valence-electron chi connectivity index (χ3n) is 3.09. The van der Waals surface area contributed by atoms with Crippen LogP contribution in [0.5, 0.6) is 0 Å². The lowest BCUT2D eigenvalue weighted by molar-refractivity contribution is -0.118. The van der Waals surface area contributed by atoms with Crippen LogP contribution in [0.1, 0.15) is 5.56 Å². The van der Waals surface area contributed by atoms with Gasteiger partial charge in [-0.3, -0.25) is 4.79 Å². The molecule has 23 heavy (non-hydrogen) atoms. The summed E-state index contributed by atoms with van der Waals surface area (Å²) in [7, 11) is 0. The first-order valence-electron chi connectivity index (χ1n) is 7.13. The predicted molar refractivity (Wildman–Crippen MR) is 94.4 cm³/mol. The van der Waals surface area contributed by atoms with Crippen LogP contribution in [-0.2, 0) is 11.3 Å². The van der Waals surface area contributed by atoms with E-state index in [1.807, 2.05) is 60.7 Å². The number of nitrogens with one attached hydrogen (secondary N) is 1. The highest BCUT2D eigenvalue weighted by atomic mass is 32.2. The Labute approximate surface area is 143 Å². The smallest absolute Gasteiger partial charge is 0.230 e. The molecule has 1 aromatic heterocycles. The summed E-state index contributed by atoms with van der Waals surface area (Å²) in [5.41, 5.74) is 2.14. The molecule has 6 heteroatoms. The molecule has 1 heterocycles. The molecule has 0 radical (unpaired) electrons. The number of rotatable bonds is 6. The van der Waals surface area contributed by atoms with Crippen LogP contribution in [0.25, 0.3) is 10.6 Å². The maximum atomic E-state index is 11.9. The molecule has 0 bridgehead atoms. The molecule has 0 saturated carbocycles. The van der Waals surface area contributed by atoms with E-state index in [0.29, 0.717) is 12.3 Å². The van der Waals surface area contributed by atoms with Crippen molar-refractivity contribution in [2.24, 2.45) is 0 Å². The SMILES string of the molecule is O=C(CSc1nnc(-c2ccccc2)s1)NCc1ccccc1. The molecule has 0 fully saturated rings. The number of amides is 1. The highest BCUT2D eigenvalue weighted by Gasteiger charge is 2.09. The molecule has 0 saturated heterocycles. The van der Waals surface area contributed by atoms with E-state index in [4.69, 9.17) is 0 Å². The minimum atomic E-state index is -0.00434. The summed E-state index contributed by atoms with van der Waals surface area (Å²) < 4.78 is 0.804. The van der Waals surface area contributed by atoms with E-state index in [1.165, 1.54) is 23.1 Å². The third-order valence-corrected chi connectivity index (χ3v) is 5.19. The van der Waals surface area contributed by atoms with Gasteiger partial charge in [-0.1, -0.05) is 83.8 Å². The van der Waals surface area contributed by atoms with Gasteiger partial charge in [0.05, 0.1) is 5.75 Å². The van der Waals surface area contributed by atoms with Crippen molar-refractivity contribution in [3.63, 3.8) is 0 Å². The quantitative estimate of drug-likeness (QED) is 0.696. The van der Waals surface area contributed by atoms with Gasteiger partial charge in [0.25, 0.3) is 0 Å². The molecule has 3 aromatic rings. The molecule has 0 atom stereocenters. The Balaban J connectivity index is 1.49. The molecule has 0 aliphatic heterocycles. The average molecular weight is 341 g/mol. The van der Waals surface area contributed by atoms with Crippen LogP contribution in [0.3, 0.4) is 0 Å². The van der Waals surface area contributed by atoms with E-state index in [1.54, 1.807) is 0 Å². The van der Waals surface area contributed by atoms with Crippen molar-refractivity contribution in [1.82, 2.24) is 15.5 Å². The number of benzene rings is 2. The molecular formula is C17H15N3OS2. The normalized spacial score (nSPS) is 10.4. The second kappa shape index (κ2) is 7.89. The van der Waals surface area contributed by atoms with E-state index in [0.717, 1.165) is 20.5 Å². The lowest BCUT2D eigenvalue weighted by atomic mass is 10.2. The Morgan fingerprint density at radius 2 is 1.70 bits per heavy atom. The fourth-order valence-corrected chi connectivity index (χ4v) is 3.63. The van der Waals surface area contributed by atoms with Crippen molar-refractivity contribution in [3.05, 3.63) is 66.2 Å². The Morgan fingerprint density at radius 1 is 1.00 bits per heavy atom. The number of carbonyl (C=O) groups excluding carboxylic acids is 1. The van der Waals surface area contributed by atoms with E-state index in [9.17, 15) is 4.79 Å². The highest BCUT2D eigenvalue weighted by molar-refractivity contribution is 8.01. The molecule has 2 aromatic carbocycles. The largest absolute Gasteiger partial charge is 0.351 e. The van der Waals surface area contributed by atoms with Gasteiger partial charge in [0, 0.05) is 12.1 Å². The summed E-state index contributed by atoms with van der Waals surface area (Å²) >= 11 is 2.92. The summed E-state index contributed by atoms with van der Waals surface area (Å²) in [6.07, 6.45) is 0. The molecule has 4 nitrogen and oxygen atoms in total. The molecule has 0 aliphatic carbocycles. The molecule has 0 unspecified atom stereocenters. The van der Waals surface area contributed by atoms with Gasteiger partial charge in [-0.05, 0) is 5.56 Å². The second-order valence-electron chi connectivity index (χ2n) is 4.79. The van der Waals surface area contributed by atoms with Gasteiger partial charge in [-0.15, -0.1) is 10.2 Å². The van der Waals surface area contributed by atoms with Crippen LogP contribution < -0.4 is 5.32 Å². The van der Waals surface area contributed by atoms with Crippen molar-refractivity contribution < 1.29 is 4.79 Å². The summed E-state index contributed by atoms with van der Waals surface area (Å²) in [4.78, 5) is 11.9. The first kappa shape index (κ1) is 15.7. The molecule has 0 spiro atoms. The lowest BCUT2D eigenvalue weighted by Gasteiger charge is -2.03. The molecular weight excluding hydrogens is 326 g/mol. The second-order valence-corrected chi connectivity index (χ2v) is 6.99. The fraction of sp³-hybridized carbons (Fsp3) is 0.118. The summed E-state index contributed by atoms with van der Waals surface area (Å²) in [6.45, 7) is 0.547. The number of aromatic nitrogens is 2. The third kappa shape index (κ3) is 4.64. The predicted octanol–water partition coefficient (Wildman–Crippen LogP) is 3.61. The zero-order valence-electron chi connectivity index (χ0n) is 12.3. The Bertz CT molecular complexity index is 760. The molecule has 3 rings (SSSR count). The maximum absolute atomic E-state index is 11.9. The van der Waals surface area contributed by atoms with E-state index in [-0.39, 0.29) is 5.91 Å². The number of hydrogen-bond donors (Lipinski definition) is 1. The summed E-state index contributed by atoms with van der Waals surface area (Å²) in [5.74, 6) is 0.339. The average Bonchev–Trinajstić information content (AvgIpc) is 3.09. The zero-order chi connectivity index (χ0) is 15.9. The van der Waals surface area contributed by atoms with Gasteiger partial charge in [-0.2, -0.15) is 0 Å². The topological polar surface area (TPSA) is 54.9 Å². The summed E-state index contributed by atoms with van der Waals surface area (Å²) in [5, 5.41) is 12.1. The van der Waals surface area contributed by atoms with Crippen molar-refractivity contribution >= 4 is 29.0 Å². The number of nitrogens with zero attached hydrogens (tertiary/aromatic N) is 2. The van der Waals surface area contributed by atoms with Gasteiger partial charge >= 0.3 is 0 Å².